The van der Waals surface area contributed by atoms with Crippen molar-refractivity contribution in [1.82, 2.24) is 9.97 Å². The van der Waals surface area contributed by atoms with E-state index in [0.29, 0.717) is 17.2 Å². The molecule has 1 aromatic carbocycles. The summed E-state index contributed by atoms with van der Waals surface area (Å²) in [5.41, 5.74) is 0.677. The molecule has 0 radical (unpaired) electrons. The molecule has 2 aromatic rings. The van der Waals surface area contributed by atoms with Crippen molar-refractivity contribution in [2.45, 2.75) is 18.6 Å². The maximum Gasteiger partial charge on any atom is 0.237 e. The zero-order valence-corrected chi connectivity index (χ0v) is 13.3. The third-order valence-corrected chi connectivity index (χ3v) is 4.81. The van der Waals surface area contributed by atoms with E-state index in [-0.39, 0.29) is 5.75 Å². The zero-order chi connectivity index (χ0) is 16.3. The maximum atomic E-state index is 13.1. The van der Waals surface area contributed by atoms with E-state index in [0.717, 1.165) is 25.9 Å². The van der Waals surface area contributed by atoms with Gasteiger partial charge in [-0.05, 0) is 30.5 Å². The Bertz CT molecular complexity index is 774. The summed E-state index contributed by atoms with van der Waals surface area (Å²) < 4.78 is 39.8. The zero-order valence-electron chi connectivity index (χ0n) is 12.4. The predicted molar refractivity (Wildman–Crippen MR) is 86.1 cm³/mol. The summed E-state index contributed by atoms with van der Waals surface area (Å²) in [5.74, 6) is -0.162. The van der Waals surface area contributed by atoms with Crippen molar-refractivity contribution in [2.24, 2.45) is 0 Å². The fourth-order valence-electron chi connectivity index (χ4n) is 2.52. The molecule has 2 heterocycles. The van der Waals surface area contributed by atoms with Crippen LogP contribution in [0.25, 0.3) is 0 Å². The van der Waals surface area contributed by atoms with Crippen LogP contribution in [0.3, 0.4) is 0 Å². The lowest BCUT2D eigenvalue weighted by Gasteiger charge is -2.15. The van der Waals surface area contributed by atoms with Crippen LogP contribution in [-0.2, 0) is 15.8 Å². The number of rotatable bonds is 5. The number of benzene rings is 1. The summed E-state index contributed by atoms with van der Waals surface area (Å²) in [6.45, 7) is 1.84. The van der Waals surface area contributed by atoms with Crippen LogP contribution < -0.4 is 9.62 Å². The van der Waals surface area contributed by atoms with Gasteiger partial charge in [0.25, 0.3) is 0 Å². The number of hydrogen-bond acceptors (Lipinski definition) is 5. The van der Waals surface area contributed by atoms with Gasteiger partial charge in [-0.3, -0.25) is 4.72 Å². The van der Waals surface area contributed by atoms with E-state index in [4.69, 9.17) is 0 Å². The monoisotopic (exact) mass is 336 g/mol. The smallest absolute Gasteiger partial charge is 0.237 e. The van der Waals surface area contributed by atoms with E-state index in [2.05, 4.69) is 19.6 Å². The molecule has 0 bridgehead atoms. The van der Waals surface area contributed by atoms with Crippen LogP contribution in [-0.4, -0.2) is 31.5 Å². The minimum Gasteiger partial charge on any atom is -0.341 e. The SMILES string of the molecule is O=S(=O)(Cc1cccc(F)c1)Nc1cnc(N2CCCC2)nc1. The van der Waals surface area contributed by atoms with Crippen LogP contribution >= 0.6 is 0 Å². The molecule has 6 nitrogen and oxygen atoms in total. The molecule has 0 atom stereocenters. The number of aromatic nitrogens is 2. The first kappa shape index (κ1) is 15.7. The predicted octanol–water partition coefficient (Wildman–Crippen LogP) is 2.16. The van der Waals surface area contributed by atoms with Gasteiger partial charge in [-0.15, -0.1) is 0 Å². The van der Waals surface area contributed by atoms with Crippen LogP contribution in [0.1, 0.15) is 18.4 Å². The highest BCUT2D eigenvalue weighted by atomic mass is 32.2. The summed E-state index contributed by atoms with van der Waals surface area (Å²) in [4.78, 5) is 10.4. The molecule has 1 aromatic heterocycles. The number of anilines is 2. The van der Waals surface area contributed by atoms with Crippen LogP contribution in [0.5, 0.6) is 0 Å². The average molecular weight is 336 g/mol. The Morgan fingerprint density at radius 2 is 1.87 bits per heavy atom. The fourth-order valence-corrected chi connectivity index (χ4v) is 3.67. The molecule has 1 aliphatic heterocycles. The van der Waals surface area contributed by atoms with Crippen molar-refractivity contribution in [3.8, 4) is 0 Å². The van der Waals surface area contributed by atoms with Crippen molar-refractivity contribution in [2.75, 3.05) is 22.7 Å². The van der Waals surface area contributed by atoms with E-state index in [1.165, 1.54) is 30.6 Å². The molecule has 23 heavy (non-hydrogen) atoms. The molecule has 0 aliphatic carbocycles. The highest BCUT2D eigenvalue weighted by Crippen LogP contribution is 2.17. The van der Waals surface area contributed by atoms with Gasteiger partial charge in [0, 0.05) is 13.1 Å². The van der Waals surface area contributed by atoms with Gasteiger partial charge in [-0.25, -0.2) is 22.8 Å². The first-order valence-electron chi connectivity index (χ1n) is 7.34. The van der Waals surface area contributed by atoms with E-state index in [1.807, 2.05) is 0 Å². The Hall–Kier alpha value is -2.22. The third kappa shape index (κ3) is 4.16. The molecule has 0 unspecified atom stereocenters. The Balaban J connectivity index is 1.67. The largest absolute Gasteiger partial charge is 0.341 e. The fraction of sp³-hybridized carbons (Fsp3) is 0.333. The quantitative estimate of drug-likeness (QED) is 0.905. The van der Waals surface area contributed by atoms with Crippen molar-refractivity contribution >= 4 is 21.7 Å². The number of hydrogen-bond donors (Lipinski definition) is 1. The minimum atomic E-state index is -3.65. The Labute approximate surface area is 134 Å². The van der Waals surface area contributed by atoms with Gasteiger partial charge in [0.2, 0.25) is 16.0 Å². The van der Waals surface area contributed by atoms with Gasteiger partial charge in [-0.2, -0.15) is 0 Å². The highest BCUT2D eigenvalue weighted by Gasteiger charge is 2.16. The van der Waals surface area contributed by atoms with Crippen molar-refractivity contribution in [3.63, 3.8) is 0 Å². The van der Waals surface area contributed by atoms with Crippen LogP contribution in [0.4, 0.5) is 16.0 Å². The summed E-state index contributed by atoms with van der Waals surface area (Å²) in [7, 11) is -3.65. The molecule has 3 rings (SSSR count). The standard InChI is InChI=1S/C15H17FN4O2S/c16-13-5-3-4-12(8-13)11-23(21,22)19-14-9-17-15(18-10-14)20-6-1-2-7-20/h3-5,8-10,19H,1-2,6-7,11H2. The van der Waals surface area contributed by atoms with Gasteiger partial charge >= 0.3 is 0 Å². The topological polar surface area (TPSA) is 75.2 Å². The number of nitrogens with one attached hydrogen (secondary N) is 1. The molecule has 0 spiro atoms. The molecule has 1 fully saturated rings. The van der Waals surface area contributed by atoms with Crippen molar-refractivity contribution in [1.29, 1.82) is 0 Å². The lowest BCUT2D eigenvalue weighted by molar-refractivity contribution is 0.599. The Morgan fingerprint density at radius 3 is 2.52 bits per heavy atom. The second-order valence-electron chi connectivity index (χ2n) is 5.46. The number of nitrogens with zero attached hydrogens (tertiary/aromatic N) is 3. The maximum absolute atomic E-state index is 13.1. The van der Waals surface area contributed by atoms with Gasteiger partial charge in [0.05, 0.1) is 23.8 Å². The third-order valence-electron chi connectivity index (χ3n) is 3.55. The highest BCUT2D eigenvalue weighted by molar-refractivity contribution is 7.91. The molecule has 1 aliphatic rings. The molecule has 8 heteroatoms. The van der Waals surface area contributed by atoms with E-state index >= 15 is 0 Å². The molecular formula is C15H17FN4O2S. The lowest BCUT2D eigenvalue weighted by atomic mass is 10.2. The lowest BCUT2D eigenvalue weighted by Crippen LogP contribution is -2.21. The summed E-state index contributed by atoms with van der Waals surface area (Å²) >= 11 is 0. The van der Waals surface area contributed by atoms with Crippen LogP contribution in [0, 0.1) is 5.82 Å². The van der Waals surface area contributed by atoms with Gasteiger partial charge < -0.3 is 4.90 Å². The number of halogens is 1. The average Bonchev–Trinajstić information content (AvgIpc) is 3.01. The summed E-state index contributed by atoms with van der Waals surface area (Å²) in [6, 6.07) is 5.52. The van der Waals surface area contributed by atoms with E-state index in [9.17, 15) is 12.8 Å². The minimum absolute atomic E-state index is 0.296. The van der Waals surface area contributed by atoms with Gasteiger partial charge in [-0.1, -0.05) is 12.1 Å². The van der Waals surface area contributed by atoms with E-state index in [1.54, 1.807) is 6.07 Å². The van der Waals surface area contributed by atoms with Crippen molar-refractivity contribution in [3.05, 3.63) is 48.0 Å². The molecule has 1 saturated heterocycles. The summed E-state index contributed by atoms with van der Waals surface area (Å²) in [5, 5.41) is 0. The second kappa shape index (κ2) is 6.49. The normalized spacial score (nSPS) is 14.9. The van der Waals surface area contributed by atoms with Crippen LogP contribution in [0.15, 0.2) is 36.7 Å². The molecule has 1 N–H and O–H groups in total. The molecule has 0 amide bonds. The molecule has 0 saturated carbocycles. The first-order valence-corrected chi connectivity index (χ1v) is 8.99. The summed E-state index contributed by atoms with van der Waals surface area (Å²) in [6.07, 6.45) is 5.13. The van der Waals surface area contributed by atoms with Gasteiger partial charge in [0.1, 0.15) is 5.82 Å². The second-order valence-corrected chi connectivity index (χ2v) is 7.18. The van der Waals surface area contributed by atoms with Crippen LogP contribution in [0.2, 0.25) is 0 Å². The number of sulfonamides is 1. The Morgan fingerprint density at radius 1 is 1.17 bits per heavy atom. The first-order chi connectivity index (χ1) is 11.0. The molecular weight excluding hydrogens is 319 g/mol. The van der Waals surface area contributed by atoms with Crippen molar-refractivity contribution < 1.29 is 12.8 Å². The Kier molecular flexibility index (Phi) is 4.42. The molecule has 122 valence electrons. The van der Waals surface area contributed by atoms with Gasteiger partial charge in [0.15, 0.2) is 0 Å². The van der Waals surface area contributed by atoms with E-state index < -0.39 is 15.8 Å².